The molecule has 0 spiro atoms. The summed E-state index contributed by atoms with van der Waals surface area (Å²) in [6.45, 7) is 2.03. The lowest BCUT2D eigenvalue weighted by Crippen LogP contribution is -2.02. The Morgan fingerprint density at radius 2 is 2.24 bits per heavy atom. The zero-order valence-corrected chi connectivity index (χ0v) is 10.3. The SMILES string of the molecule is CCc1ccc(C(O)CCc2ccnn2C)o1. The van der Waals surface area contributed by atoms with E-state index in [4.69, 9.17) is 4.42 Å². The number of hydrogen-bond acceptors (Lipinski definition) is 3. The Kier molecular flexibility index (Phi) is 3.64. The monoisotopic (exact) mass is 234 g/mol. The summed E-state index contributed by atoms with van der Waals surface area (Å²) in [6.07, 6.45) is 3.53. The minimum atomic E-state index is -0.537. The van der Waals surface area contributed by atoms with E-state index in [-0.39, 0.29) is 0 Å². The van der Waals surface area contributed by atoms with Gasteiger partial charge in [-0.15, -0.1) is 0 Å². The van der Waals surface area contributed by atoms with Crippen LogP contribution in [0.2, 0.25) is 0 Å². The molecule has 2 heterocycles. The van der Waals surface area contributed by atoms with Gasteiger partial charge in [0.2, 0.25) is 0 Å². The first-order valence-corrected chi connectivity index (χ1v) is 5.94. The van der Waals surface area contributed by atoms with E-state index in [1.807, 2.05) is 36.9 Å². The molecule has 4 heteroatoms. The Morgan fingerprint density at radius 3 is 2.82 bits per heavy atom. The van der Waals surface area contributed by atoms with Crippen molar-refractivity contribution in [2.24, 2.45) is 7.05 Å². The van der Waals surface area contributed by atoms with Crippen molar-refractivity contribution < 1.29 is 9.52 Å². The van der Waals surface area contributed by atoms with Crippen LogP contribution in [-0.2, 0) is 19.9 Å². The highest BCUT2D eigenvalue weighted by molar-refractivity contribution is 5.10. The molecule has 2 aromatic rings. The molecule has 0 fully saturated rings. The number of hydrogen-bond donors (Lipinski definition) is 1. The van der Waals surface area contributed by atoms with Gasteiger partial charge in [-0.05, 0) is 31.0 Å². The van der Waals surface area contributed by atoms with Crippen LogP contribution in [0.25, 0.3) is 0 Å². The average molecular weight is 234 g/mol. The van der Waals surface area contributed by atoms with Crippen LogP contribution in [0.1, 0.15) is 36.7 Å². The van der Waals surface area contributed by atoms with E-state index >= 15 is 0 Å². The molecule has 0 saturated carbocycles. The van der Waals surface area contributed by atoms with E-state index in [1.54, 1.807) is 6.20 Å². The predicted octanol–water partition coefficient (Wildman–Crippen LogP) is 2.24. The van der Waals surface area contributed by atoms with Gasteiger partial charge in [0.15, 0.2) is 0 Å². The summed E-state index contributed by atoms with van der Waals surface area (Å²) in [6, 6.07) is 5.74. The number of aliphatic hydroxyl groups is 1. The van der Waals surface area contributed by atoms with Crippen LogP contribution in [-0.4, -0.2) is 14.9 Å². The van der Waals surface area contributed by atoms with Crippen LogP contribution in [0.3, 0.4) is 0 Å². The Bertz CT molecular complexity index is 473. The average Bonchev–Trinajstić information content (AvgIpc) is 2.94. The maximum absolute atomic E-state index is 10.00. The van der Waals surface area contributed by atoms with Gasteiger partial charge >= 0.3 is 0 Å². The second-order valence-electron chi connectivity index (χ2n) is 4.16. The Labute approximate surface area is 101 Å². The summed E-state index contributed by atoms with van der Waals surface area (Å²) >= 11 is 0. The lowest BCUT2D eigenvalue weighted by atomic mass is 10.1. The summed E-state index contributed by atoms with van der Waals surface area (Å²) < 4.78 is 7.35. The molecule has 4 nitrogen and oxygen atoms in total. The van der Waals surface area contributed by atoms with E-state index in [0.717, 1.165) is 24.3 Å². The van der Waals surface area contributed by atoms with Gasteiger partial charge in [-0.1, -0.05) is 6.92 Å². The van der Waals surface area contributed by atoms with Crippen molar-refractivity contribution in [3.8, 4) is 0 Å². The van der Waals surface area contributed by atoms with Crippen LogP contribution in [0.5, 0.6) is 0 Å². The quantitative estimate of drug-likeness (QED) is 0.863. The van der Waals surface area contributed by atoms with Gasteiger partial charge in [0.05, 0.1) is 0 Å². The van der Waals surface area contributed by atoms with Crippen molar-refractivity contribution in [2.45, 2.75) is 32.3 Å². The summed E-state index contributed by atoms with van der Waals surface area (Å²) in [5.41, 5.74) is 1.12. The molecule has 0 saturated heterocycles. The zero-order valence-electron chi connectivity index (χ0n) is 10.3. The van der Waals surface area contributed by atoms with Gasteiger partial charge in [0, 0.05) is 25.4 Å². The molecule has 2 rings (SSSR count). The Balaban J connectivity index is 1.93. The van der Waals surface area contributed by atoms with E-state index in [2.05, 4.69) is 5.10 Å². The molecule has 17 heavy (non-hydrogen) atoms. The van der Waals surface area contributed by atoms with Gasteiger partial charge in [-0.2, -0.15) is 5.10 Å². The Morgan fingerprint density at radius 1 is 1.41 bits per heavy atom. The minimum absolute atomic E-state index is 0.537. The predicted molar refractivity (Wildman–Crippen MR) is 64.6 cm³/mol. The zero-order chi connectivity index (χ0) is 12.3. The lowest BCUT2D eigenvalue weighted by molar-refractivity contribution is 0.138. The number of aromatic nitrogens is 2. The van der Waals surface area contributed by atoms with Gasteiger partial charge < -0.3 is 9.52 Å². The third-order valence-electron chi connectivity index (χ3n) is 2.96. The minimum Gasteiger partial charge on any atom is -0.463 e. The molecule has 1 atom stereocenters. The number of nitrogens with zero attached hydrogens (tertiary/aromatic N) is 2. The number of aryl methyl sites for hydroxylation is 3. The van der Waals surface area contributed by atoms with Gasteiger partial charge in [0.25, 0.3) is 0 Å². The summed E-state index contributed by atoms with van der Waals surface area (Å²) in [5, 5.41) is 14.1. The second-order valence-corrected chi connectivity index (χ2v) is 4.16. The molecular formula is C13H18N2O2. The molecule has 1 unspecified atom stereocenters. The summed E-state index contributed by atoms with van der Waals surface area (Å²) in [5.74, 6) is 1.57. The first-order chi connectivity index (χ1) is 8.20. The van der Waals surface area contributed by atoms with Crippen LogP contribution in [0.4, 0.5) is 0 Å². The van der Waals surface area contributed by atoms with Crippen molar-refractivity contribution in [1.82, 2.24) is 9.78 Å². The fourth-order valence-electron chi connectivity index (χ4n) is 1.84. The fourth-order valence-corrected chi connectivity index (χ4v) is 1.84. The second kappa shape index (κ2) is 5.19. The topological polar surface area (TPSA) is 51.2 Å². The smallest absolute Gasteiger partial charge is 0.132 e. The normalized spacial score (nSPS) is 12.9. The summed E-state index contributed by atoms with van der Waals surface area (Å²) in [7, 11) is 1.91. The molecule has 0 aliphatic heterocycles. The molecule has 0 aliphatic carbocycles. The van der Waals surface area contributed by atoms with E-state index < -0.39 is 6.10 Å². The molecule has 1 N–H and O–H groups in total. The van der Waals surface area contributed by atoms with Crippen LogP contribution >= 0.6 is 0 Å². The van der Waals surface area contributed by atoms with E-state index in [1.165, 1.54) is 0 Å². The van der Waals surface area contributed by atoms with Crippen molar-refractivity contribution in [3.05, 3.63) is 41.6 Å². The van der Waals surface area contributed by atoms with Crippen molar-refractivity contribution >= 4 is 0 Å². The van der Waals surface area contributed by atoms with Crippen LogP contribution in [0.15, 0.2) is 28.8 Å². The number of rotatable bonds is 5. The van der Waals surface area contributed by atoms with E-state index in [9.17, 15) is 5.11 Å². The van der Waals surface area contributed by atoms with Crippen molar-refractivity contribution in [1.29, 1.82) is 0 Å². The molecule has 0 amide bonds. The molecule has 0 aromatic carbocycles. The lowest BCUT2D eigenvalue weighted by Gasteiger charge is -2.07. The van der Waals surface area contributed by atoms with Crippen LogP contribution < -0.4 is 0 Å². The van der Waals surface area contributed by atoms with Crippen LogP contribution in [0, 0.1) is 0 Å². The molecular weight excluding hydrogens is 216 g/mol. The number of furan rings is 1. The van der Waals surface area contributed by atoms with Crippen molar-refractivity contribution in [3.63, 3.8) is 0 Å². The molecule has 0 bridgehead atoms. The summed E-state index contributed by atoms with van der Waals surface area (Å²) in [4.78, 5) is 0. The third-order valence-corrected chi connectivity index (χ3v) is 2.96. The van der Waals surface area contributed by atoms with E-state index in [0.29, 0.717) is 12.2 Å². The molecule has 92 valence electrons. The molecule has 0 radical (unpaired) electrons. The molecule has 2 aromatic heterocycles. The largest absolute Gasteiger partial charge is 0.463 e. The highest BCUT2D eigenvalue weighted by Gasteiger charge is 2.12. The standard InChI is InChI=1S/C13H18N2O2/c1-3-11-5-7-13(17-11)12(16)6-4-10-8-9-14-15(10)2/h5,7-9,12,16H,3-4,6H2,1-2H3. The highest BCUT2D eigenvalue weighted by Crippen LogP contribution is 2.21. The van der Waals surface area contributed by atoms with Crippen molar-refractivity contribution in [2.75, 3.05) is 0 Å². The van der Waals surface area contributed by atoms with Gasteiger partial charge in [0.1, 0.15) is 17.6 Å². The first kappa shape index (κ1) is 11.9. The van der Waals surface area contributed by atoms with Gasteiger partial charge in [-0.25, -0.2) is 0 Å². The highest BCUT2D eigenvalue weighted by atomic mass is 16.4. The Hall–Kier alpha value is -1.55. The maximum atomic E-state index is 10.00. The fraction of sp³-hybridized carbons (Fsp3) is 0.462. The number of aliphatic hydroxyl groups excluding tert-OH is 1. The maximum Gasteiger partial charge on any atom is 0.132 e. The first-order valence-electron chi connectivity index (χ1n) is 5.94. The van der Waals surface area contributed by atoms with Gasteiger partial charge in [-0.3, -0.25) is 4.68 Å². The third kappa shape index (κ3) is 2.77. The molecule has 0 aliphatic rings.